The van der Waals surface area contributed by atoms with E-state index in [1.54, 1.807) is 11.8 Å². The monoisotopic (exact) mass is 451 g/mol. The lowest BCUT2D eigenvalue weighted by Gasteiger charge is -2.40. The van der Waals surface area contributed by atoms with E-state index in [0.29, 0.717) is 25.9 Å². The van der Waals surface area contributed by atoms with Crippen LogP contribution in [0.4, 0.5) is 13.6 Å². The van der Waals surface area contributed by atoms with Gasteiger partial charge in [-0.25, -0.2) is 13.6 Å². The summed E-state index contributed by atoms with van der Waals surface area (Å²) in [4.78, 5) is 29.9. The summed E-state index contributed by atoms with van der Waals surface area (Å²) in [7, 11) is 0. The van der Waals surface area contributed by atoms with Gasteiger partial charge in [-0.3, -0.25) is 9.69 Å². The molecule has 4 aliphatic rings. The van der Waals surface area contributed by atoms with E-state index < -0.39 is 35.9 Å². The van der Waals surface area contributed by atoms with Gasteiger partial charge in [-0.1, -0.05) is 13.3 Å². The highest BCUT2D eigenvalue weighted by Crippen LogP contribution is 2.44. The Kier molecular flexibility index (Phi) is 6.36. The summed E-state index contributed by atoms with van der Waals surface area (Å²) >= 11 is 0. The van der Waals surface area contributed by atoms with Crippen molar-refractivity contribution in [3.05, 3.63) is 0 Å². The van der Waals surface area contributed by atoms with Crippen molar-refractivity contribution in [2.45, 2.75) is 94.7 Å². The molecule has 4 fully saturated rings. The molecular formula is C23H35F2N5O2. The van der Waals surface area contributed by atoms with Crippen LogP contribution in [0.15, 0.2) is 0 Å². The Morgan fingerprint density at radius 1 is 1.16 bits per heavy atom. The van der Waals surface area contributed by atoms with Gasteiger partial charge in [-0.2, -0.15) is 5.26 Å². The minimum atomic E-state index is -3.06. The number of rotatable bonds is 8. The Balaban J connectivity index is 1.34. The topological polar surface area (TPSA) is 88.5 Å². The number of amides is 3. The molecule has 1 spiro atoms. The molecule has 2 heterocycles. The summed E-state index contributed by atoms with van der Waals surface area (Å²) in [5, 5.41) is 14.4. The number of carbonyl (C=O) groups is 2. The Hall–Kier alpha value is -1.95. The average Bonchev–Trinajstić information content (AvgIpc) is 3.68. The molecule has 32 heavy (non-hydrogen) atoms. The molecule has 2 aliphatic carbocycles. The largest absolute Gasteiger partial charge is 0.336 e. The van der Waals surface area contributed by atoms with Crippen LogP contribution < -0.4 is 10.6 Å². The number of alkyl halides is 2. The normalized spacial score (nSPS) is 25.2. The summed E-state index contributed by atoms with van der Waals surface area (Å²) in [5.41, 5.74) is -0.705. The number of likely N-dealkylation sites (tertiary alicyclic amines) is 2. The van der Waals surface area contributed by atoms with Crippen LogP contribution in [0.3, 0.4) is 0 Å². The lowest BCUT2D eigenvalue weighted by atomic mass is 9.78. The maximum absolute atomic E-state index is 14.4. The van der Waals surface area contributed by atoms with Crippen LogP contribution >= 0.6 is 0 Å². The lowest BCUT2D eigenvalue weighted by molar-refractivity contribution is -0.126. The van der Waals surface area contributed by atoms with E-state index >= 15 is 0 Å². The van der Waals surface area contributed by atoms with Crippen LogP contribution in [0.5, 0.6) is 0 Å². The number of urea groups is 1. The zero-order valence-electron chi connectivity index (χ0n) is 19.0. The molecule has 3 amide bonds. The number of halogens is 2. The second-order valence-electron chi connectivity index (χ2n) is 10.4. The highest BCUT2D eigenvalue weighted by Gasteiger charge is 2.48. The first kappa shape index (κ1) is 23.2. The number of nitriles is 1. The Labute approximate surface area is 188 Å². The number of piperidine rings is 1. The molecule has 2 saturated carbocycles. The minimum Gasteiger partial charge on any atom is -0.336 e. The first-order chi connectivity index (χ1) is 15.2. The highest BCUT2D eigenvalue weighted by atomic mass is 19.3. The molecule has 0 aromatic heterocycles. The molecule has 9 heteroatoms. The van der Waals surface area contributed by atoms with Gasteiger partial charge in [-0.15, -0.1) is 0 Å². The molecular weight excluding hydrogens is 416 g/mol. The van der Waals surface area contributed by atoms with Crippen LogP contribution in [-0.2, 0) is 4.79 Å². The molecule has 0 unspecified atom stereocenters. The number of hydrogen-bond acceptors (Lipinski definition) is 4. The van der Waals surface area contributed by atoms with Gasteiger partial charge in [0, 0.05) is 38.5 Å². The number of carbonyl (C=O) groups excluding carboxylic acids is 2. The molecule has 0 bridgehead atoms. The van der Waals surface area contributed by atoms with Crippen LogP contribution in [0.2, 0.25) is 0 Å². The van der Waals surface area contributed by atoms with E-state index in [2.05, 4.69) is 15.5 Å². The van der Waals surface area contributed by atoms with Crippen LogP contribution in [0.25, 0.3) is 0 Å². The standard InChI is InChI=1S/C23H35F2N5O2/c1-2-5-23(24,25)14-18(19(31)28-22(15-26)6-7-22)27-20(32)29-11-8-21(9-12-29)10-13-30(16-21)17-3-4-17/h17-18H,2-14,16H2,1H3,(H,27,32)(H,28,31)/t18-/m0/s1. The van der Waals surface area contributed by atoms with Crippen LogP contribution in [-0.4, -0.2) is 71.5 Å². The fourth-order valence-electron chi connectivity index (χ4n) is 5.24. The predicted octanol–water partition coefficient (Wildman–Crippen LogP) is 3.01. The van der Waals surface area contributed by atoms with E-state index in [1.807, 2.05) is 6.07 Å². The maximum atomic E-state index is 14.4. The predicted molar refractivity (Wildman–Crippen MR) is 115 cm³/mol. The van der Waals surface area contributed by atoms with Gasteiger partial charge < -0.3 is 15.5 Å². The summed E-state index contributed by atoms with van der Waals surface area (Å²) in [6, 6.07) is 0.967. The van der Waals surface area contributed by atoms with E-state index in [4.69, 9.17) is 0 Å². The maximum Gasteiger partial charge on any atom is 0.318 e. The highest BCUT2D eigenvalue weighted by molar-refractivity contribution is 5.88. The van der Waals surface area contributed by atoms with Crippen molar-refractivity contribution in [1.29, 1.82) is 5.26 Å². The van der Waals surface area contributed by atoms with Gasteiger partial charge in [0.05, 0.1) is 6.07 Å². The Morgan fingerprint density at radius 2 is 1.81 bits per heavy atom. The number of nitrogens with one attached hydrogen (secondary N) is 2. The third kappa shape index (κ3) is 5.33. The van der Waals surface area contributed by atoms with Crippen molar-refractivity contribution >= 4 is 11.9 Å². The van der Waals surface area contributed by atoms with E-state index in [1.165, 1.54) is 12.8 Å². The van der Waals surface area contributed by atoms with E-state index in [9.17, 15) is 23.6 Å². The van der Waals surface area contributed by atoms with Crippen molar-refractivity contribution < 1.29 is 18.4 Å². The zero-order chi connectivity index (χ0) is 23.0. The van der Waals surface area contributed by atoms with Crippen LogP contribution in [0, 0.1) is 16.7 Å². The average molecular weight is 452 g/mol. The van der Waals surface area contributed by atoms with Crippen molar-refractivity contribution in [3.63, 3.8) is 0 Å². The summed E-state index contributed by atoms with van der Waals surface area (Å²) in [6.07, 6.45) is 5.75. The summed E-state index contributed by atoms with van der Waals surface area (Å²) in [6.45, 7) is 5.04. The lowest BCUT2D eigenvalue weighted by Crippen LogP contribution is -2.56. The molecule has 4 rings (SSSR count). The molecule has 2 aliphatic heterocycles. The smallest absolute Gasteiger partial charge is 0.318 e. The SMILES string of the molecule is CCCC(F)(F)C[C@H](NC(=O)N1CCC2(CC1)CCN(C1CC1)C2)C(=O)NC1(C#N)CC1. The zero-order valence-corrected chi connectivity index (χ0v) is 19.0. The quantitative estimate of drug-likeness (QED) is 0.594. The van der Waals surface area contributed by atoms with Crippen molar-refractivity contribution in [1.82, 2.24) is 20.4 Å². The first-order valence-corrected chi connectivity index (χ1v) is 12.1. The molecule has 0 aromatic carbocycles. The van der Waals surface area contributed by atoms with E-state index in [-0.39, 0.29) is 18.3 Å². The molecule has 2 N–H and O–H groups in total. The van der Waals surface area contributed by atoms with Gasteiger partial charge in [0.1, 0.15) is 11.6 Å². The van der Waals surface area contributed by atoms with Gasteiger partial charge in [0.15, 0.2) is 0 Å². The third-order valence-electron chi connectivity index (χ3n) is 7.70. The minimum absolute atomic E-state index is 0.259. The first-order valence-electron chi connectivity index (χ1n) is 12.1. The summed E-state index contributed by atoms with van der Waals surface area (Å²) < 4.78 is 28.7. The second-order valence-corrected chi connectivity index (χ2v) is 10.4. The number of nitrogens with zero attached hydrogens (tertiary/aromatic N) is 3. The van der Waals surface area contributed by atoms with Crippen molar-refractivity contribution in [2.75, 3.05) is 26.2 Å². The Bertz CT molecular complexity index is 767. The fourth-order valence-corrected chi connectivity index (χ4v) is 5.24. The van der Waals surface area contributed by atoms with E-state index in [0.717, 1.165) is 38.4 Å². The molecule has 0 radical (unpaired) electrons. The molecule has 178 valence electrons. The van der Waals surface area contributed by atoms with Gasteiger partial charge in [0.2, 0.25) is 5.91 Å². The molecule has 0 aromatic rings. The Morgan fingerprint density at radius 3 is 2.38 bits per heavy atom. The summed E-state index contributed by atoms with van der Waals surface area (Å²) in [5.74, 6) is -3.76. The molecule has 2 saturated heterocycles. The molecule has 1 atom stereocenters. The van der Waals surface area contributed by atoms with Crippen molar-refractivity contribution in [2.24, 2.45) is 5.41 Å². The third-order valence-corrected chi connectivity index (χ3v) is 7.70. The second kappa shape index (κ2) is 8.77. The number of hydrogen-bond donors (Lipinski definition) is 2. The van der Waals surface area contributed by atoms with Gasteiger partial charge in [-0.05, 0) is 56.9 Å². The molecule has 7 nitrogen and oxygen atoms in total. The fraction of sp³-hybridized carbons (Fsp3) is 0.870. The van der Waals surface area contributed by atoms with Gasteiger partial charge >= 0.3 is 6.03 Å². The van der Waals surface area contributed by atoms with Crippen molar-refractivity contribution in [3.8, 4) is 6.07 Å². The van der Waals surface area contributed by atoms with Gasteiger partial charge in [0.25, 0.3) is 5.92 Å². The van der Waals surface area contributed by atoms with Crippen LogP contribution in [0.1, 0.15) is 71.1 Å².